The molecule has 2 aromatic rings. The van der Waals surface area contributed by atoms with Gasteiger partial charge in [-0.3, -0.25) is 14.5 Å². The summed E-state index contributed by atoms with van der Waals surface area (Å²) in [6.07, 6.45) is 1.76. The molecule has 23 heavy (non-hydrogen) atoms. The number of aromatic nitrogens is 1. The van der Waals surface area contributed by atoms with Crippen molar-refractivity contribution in [3.05, 3.63) is 59.4 Å². The van der Waals surface area contributed by atoms with E-state index >= 15 is 0 Å². The monoisotopic (exact) mass is 310 g/mol. The van der Waals surface area contributed by atoms with Gasteiger partial charge in [0.05, 0.1) is 5.69 Å². The van der Waals surface area contributed by atoms with Crippen LogP contribution in [0, 0.1) is 0 Å². The van der Waals surface area contributed by atoms with Crippen molar-refractivity contribution >= 4 is 17.6 Å². The van der Waals surface area contributed by atoms with E-state index in [-0.39, 0.29) is 17.6 Å². The zero-order chi connectivity index (χ0) is 16.8. The van der Waals surface area contributed by atoms with Gasteiger partial charge in [0.25, 0.3) is 5.91 Å². The molecule has 1 aliphatic rings. The number of hydrogen-bond acceptors (Lipinski definition) is 4. The fourth-order valence-corrected chi connectivity index (χ4v) is 2.98. The average Bonchev–Trinajstić information content (AvgIpc) is 3.03. The number of likely N-dealkylation sites (N-methyl/N-ethyl adjacent to an activating group) is 1. The van der Waals surface area contributed by atoms with Crippen LogP contribution in [0.3, 0.4) is 0 Å². The second-order valence-corrected chi connectivity index (χ2v) is 5.69. The summed E-state index contributed by atoms with van der Waals surface area (Å²) in [6, 6.07) is 11.0. The van der Waals surface area contributed by atoms with Crippen LogP contribution in [0.15, 0.2) is 47.6 Å². The second-order valence-electron chi connectivity index (χ2n) is 5.69. The van der Waals surface area contributed by atoms with E-state index in [0.717, 1.165) is 5.56 Å². The third-order valence-electron chi connectivity index (χ3n) is 4.22. The van der Waals surface area contributed by atoms with Crippen LogP contribution in [-0.2, 0) is 17.4 Å². The molecule has 0 aliphatic carbocycles. The summed E-state index contributed by atoms with van der Waals surface area (Å²) in [5, 5.41) is 0. The van der Waals surface area contributed by atoms with Crippen LogP contribution < -0.4 is 5.73 Å². The van der Waals surface area contributed by atoms with E-state index in [9.17, 15) is 9.59 Å². The first kappa shape index (κ1) is 15.0. The molecule has 2 heterocycles. The predicted octanol–water partition coefficient (Wildman–Crippen LogP) is 1.26. The number of rotatable bonds is 3. The van der Waals surface area contributed by atoms with Gasteiger partial charge in [-0.15, -0.1) is 0 Å². The summed E-state index contributed by atoms with van der Waals surface area (Å²) in [7, 11) is 3.37. The van der Waals surface area contributed by atoms with E-state index in [0.29, 0.717) is 11.3 Å². The molecule has 118 valence electrons. The fraction of sp³-hybridized carbons (Fsp3) is 0.235. The molecule has 1 atom stereocenters. The lowest BCUT2D eigenvalue weighted by molar-refractivity contribution is -0.129. The molecule has 0 spiro atoms. The predicted molar refractivity (Wildman–Crippen MR) is 87.0 cm³/mol. The van der Waals surface area contributed by atoms with Gasteiger partial charge >= 0.3 is 0 Å². The lowest BCUT2D eigenvalue weighted by atomic mass is 9.84. The van der Waals surface area contributed by atoms with Gasteiger partial charge < -0.3 is 10.3 Å². The number of benzene rings is 1. The molecular weight excluding hydrogens is 292 g/mol. The van der Waals surface area contributed by atoms with E-state index < -0.39 is 5.54 Å². The number of carbonyl (C=O) groups is 2. The highest BCUT2D eigenvalue weighted by Gasteiger charge is 2.50. The van der Waals surface area contributed by atoms with E-state index in [1.54, 1.807) is 30.9 Å². The molecule has 0 fully saturated rings. The zero-order valence-electron chi connectivity index (χ0n) is 13.3. The minimum Gasteiger partial charge on any atom is -0.369 e. The number of aliphatic imine (C=N–C) groups is 1. The molecule has 0 unspecified atom stereocenters. The highest BCUT2D eigenvalue weighted by atomic mass is 16.2. The summed E-state index contributed by atoms with van der Waals surface area (Å²) >= 11 is 0. The van der Waals surface area contributed by atoms with Crippen molar-refractivity contribution in [1.29, 1.82) is 0 Å². The molecule has 0 saturated carbocycles. The third-order valence-corrected chi connectivity index (χ3v) is 4.22. The first-order valence-corrected chi connectivity index (χ1v) is 7.24. The Bertz CT molecular complexity index is 822. The largest absolute Gasteiger partial charge is 0.369 e. The quantitative estimate of drug-likeness (QED) is 0.867. The number of guanidine groups is 1. The maximum atomic E-state index is 13.0. The third kappa shape index (κ3) is 2.06. The molecule has 6 nitrogen and oxygen atoms in total. The zero-order valence-corrected chi connectivity index (χ0v) is 13.3. The molecule has 2 N–H and O–H groups in total. The average molecular weight is 310 g/mol. The van der Waals surface area contributed by atoms with Gasteiger partial charge in [0.1, 0.15) is 0 Å². The summed E-state index contributed by atoms with van der Waals surface area (Å²) in [5.74, 6) is -0.147. The van der Waals surface area contributed by atoms with Gasteiger partial charge in [0.15, 0.2) is 17.3 Å². The Morgan fingerprint density at radius 2 is 1.83 bits per heavy atom. The van der Waals surface area contributed by atoms with Gasteiger partial charge in [0.2, 0.25) is 0 Å². The standard InChI is InChI=1S/C17H18N4O2/c1-11(22)14-9-13(10-20(14)2)17(12-7-5-4-6-8-12)15(23)21(3)16(18)19-17/h4-10H,1-3H3,(H2,18,19)/t17-/m1/s1. The van der Waals surface area contributed by atoms with E-state index in [1.807, 2.05) is 30.3 Å². The van der Waals surface area contributed by atoms with Gasteiger partial charge in [-0.05, 0) is 11.6 Å². The molecule has 6 heteroatoms. The Morgan fingerprint density at radius 3 is 2.30 bits per heavy atom. The van der Waals surface area contributed by atoms with Crippen LogP contribution in [0.2, 0.25) is 0 Å². The van der Waals surface area contributed by atoms with Crippen LogP contribution >= 0.6 is 0 Å². The molecule has 0 bridgehead atoms. The highest BCUT2D eigenvalue weighted by molar-refractivity contribution is 6.09. The summed E-state index contributed by atoms with van der Waals surface area (Å²) in [4.78, 5) is 30.6. The Kier molecular flexibility index (Phi) is 3.32. The Morgan fingerprint density at radius 1 is 1.17 bits per heavy atom. The molecule has 0 saturated heterocycles. The molecule has 1 aromatic carbocycles. The topological polar surface area (TPSA) is 80.7 Å². The summed E-state index contributed by atoms with van der Waals surface area (Å²) < 4.78 is 1.71. The van der Waals surface area contributed by atoms with Crippen molar-refractivity contribution in [2.45, 2.75) is 12.5 Å². The van der Waals surface area contributed by atoms with Crippen molar-refractivity contribution in [1.82, 2.24) is 9.47 Å². The number of hydrogen-bond donors (Lipinski definition) is 1. The molecular formula is C17H18N4O2. The first-order chi connectivity index (χ1) is 10.9. The molecule has 3 rings (SSSR count). The SMILES string of the molecule is CC(=O)c1cc([C@@]2(c3ccccc3)N=C(N)N(C)C2=O)cn1C. The number of carbonyl (C=O) groups excluding carboxylic acids is 2. The van der Waals surface area contributed by atoms with Crippen molar-refractivity contribution in [2.75, 3.05) is 7.05 Å². The summed E-state index contributed by atoms with van der Waals surface area (Å²) in [6.45, 7) is 1.49. The van der Waals surface area contributed by atoms with Crippen molar-refractivity contribution in [3.63, 3.8) is 0 Å². The number of aryl methyl sites for hydroxylation is 1. The lowest BCUT2D eigenvalue weighted by Gasteiger charge is -2.24. The van der Waals surface area contributed by atoms with Crippen molar-refractivity contribution in [2.24, 2.45) is 17.8 Å². The van der Waals surface area contributed by atoms with Crippen LogP contribution in [0.25, 0.3) is 0 Å². The van der Waals surface area contributed by atoms with E-state index in [1.165, 1.54) is 11.8 Å². The number of nitrogens with two attached hydrogens (primary N) is 1. The maximum Gasteiger partial charge on any atom is 0.266 e. The fourth-order valence-electron chi connectivity index (χ4n) is 2.98. The van der Waals surface area contributed by atoms with Gasteiger partial charge in [-0.25, -0.2) is 4.99 Å². The lowest BCUT2D eigenvalue weighted by Crippen LogP contribution is -2.41. The van der Waals surface area contributed by atoms with Crippen LogP contribution in [0.4, 0.5) is 0 Å². The Labute approximate surface area is 134 Å². The summed E-state index contributed by atoms with van der Waals surface area (Å²) in [5.41, 5.74) is 6.53. The number of amides is 1. The molecule has 1 aromatic heterocycles. The number of Topliss-reactive ketones (excluding diaryl/α,β-unsaturated/α-hetero) is 1. The smallest absolute Gasteiger partial charge is 0.266 e. The first-order valence-electron chi connectivity index (χ1n) is 7.24. The molecule has 0 radical (unpaired) electrons. The molecule has 1 amide bonds. The van der Waals surface area contributed by atoms with E-state index in [4.69, 9.17) is 5.73 Å². The highest BCUT2D eigenvalue weighted by Crippen LogP contribution is 2.39. The minimum absolute atomic E-state index is 0.0716. The Hall–Kier alpha value is -2.89. The van der Waals surface area contributed by atoms with E-state index in [2.05, 4.69) is 4.99 Å². The van der Waals surface area contributed by atoms with Crippen LogP contribution in [0.1, 0.15) is 28.5 Å². The second kappa shape index (κ2) is 5.08. The molecule has 1 aliphatic heterocycles. The minimum atomic E-state index is -1.24. The van der Waals surface area contributed by atoms with Crippen LogP contribution in [-0.4, -0.2) is 34.2 Å². The van der Waals surface area contributed by atoms with Gasteiger partial charge in [-0.2, -0.15) is 0 Å². The maximum absolute atomic E-state index is 13.0. The van der Waals surface area contributed by atoms with Gasteiger partial charge in [0, 0.05) is 32.8 Å². The number of nitrogens with zero attached hydrogens (tertiary/aromatic N) is 3. The number of ketones is 1. The normalized spacial score (nSPS) is 20.7. The van der Waals surface area contributed by atoms with Gasteiger partial charge in [-0.1, -0.05) is 30.3 Å². The van der Waals surface area contributed by atoms with Crippen molar-refractivity contribution in [3.8, 4) is 0 Å². The van der Waals surface area contributed by atoms with Crippen LogP contribution in [0.5, 0.6) is 0 Å². The van der Waals surface area contributed by atoms with Crippen molar-refractivity contribution < 1.29 is 9.59 Å². The Balaban J connectivity index is 2.29.